The molecule has 0 saturated carbocycles. The average Bonchev–Trinajstić information content (AvgIpc) is 2.08. The summed E-state index contributed by atoms with van der Waals surface area (Å²) in [7, 11) is 0. The molecule has 1 aromatic heterocycles. The van der Waals surface area contributed by atoms with Crippen LogP contribution < -0.4 is 5.32 Å². The van der Waals surface area contributed by atoms with Gasteiger partial charge in [-0.15, -0.1) is 0 Å². The van der Waals surface area contributed by atoms with Crippen molar-refractivity contribution in [3.8, 4) is 0 Å². The van der Waals surface area contributed by atoms with Crippen LogP contribution in [0, 0.1) is 0 Å². The highest BCUT2D eigenvalue weighted by atomic mass is 79.9. The highest BCUT2D eigenvalue weighted by molar-refractivity contribution is 9.10. The SMILES string of the molecule is O=C(O)CCNc1ncc(Br)cc1Cl. The van der Waals surface area contributed by atoms with Gasteiger partial charge in [0.25, 0.3) is 0 Å². The molecule has 6 heteroatoms. The summed E-state index contributed by atoms with van der Waals surface area (Å²) in [5, 5.41) is 11.7. The van der Waals surface area contributed by atoms with Crippen LogP contribution >= 0.6 is 27.5 Å². The van der Waals surface area contributed by atoms with E-state index in [9.17, 15) is 4.79 Å². The van der Waals surface area contributed by atoms with Gasteiger partial charge in [-0.25, -0.2) is 4.98 Å². The number of nitrogens with one attached hydrogen (secondary N) is 1. The maximum Gasteiger partial charge on any atom is 0.305 e. The molecule has 14 heavy (non-hydrogen) atoms. The first-order valence-electron chi connectivity index (χ1n) is 3.86. The van der Waals surface area contributed by atoms with Crippen molar-refractivity contribution < 1.29 is 9.90 Å². The minimum absolute atomic E-state index is 0.0358. The topological polar surface area (TPSA) is 62.2 Å². The Balaban J connectivity index is 2.55. The Bertz CT molecular complexity index is 346. The molecule has 0 aliphatic rings. The monoisotopic (exact) mass is 278 g/mol. The molecule has 1 heterocycles. The highest BCUT2D eigenvalue weighted by Crippen LogP contribution is 2.22. The predicted octanol–water partition coefficient (Wildman–Crippen LogP) is 2.38. The van der Waals surface area contributed by atoms with Gasteiger partial charge in [-0.05, 0) is 22.0 Å². The fraction of sp³-hybridized carbons (Fsp3) is 0.250. The molecule has 2 N–H and O–H groups in total. The van der Waals surface area contributed by atoms with Gasteiger partial charge < -0.3 is 10.4 Å². The quantitative estimate of drug-likeness (QED) is 0.888. The standard InChI is InChI=1S/C8H8BrClN2O2/c9-5-3-6(10)8(12-4-5)11-2-1-7(13)14/h3-4H,1-2H2,(H,11,12)(H,13,14). The zero-order valence-corrected chi connectivity index (χ0v) is 9.47. The number of hydrogen-bond donors (Lipinski definition) is 2. The van der Waals surface area contributed by atoms with Crippen molar-refractivity contribution in [2.75, 3.05) is 11.9 Å². The summed E-state index contributed by atoms with van der Waals surface area (Å²) < 4.78 is 0.784. The Morgan fingerprint density at radius 1 is 1.71 bits per heavy atom. The first kappa shape index (κ1) is 11.3. The first-order chi connectivity index (χ1) is 6.59. The van der Waals surface area contributed by atoms with Crippen molar-refractivity contribution >= 4 is 39.3 Å². The number of carboxylic acid groups (broad SMARTS) is 1. The molecule has 0 aliphatic carbocycles. The van der Waals surface area contributed by atoms with E-state index in [1.807, 2.05) is 0 Å². The molecule has 0 saturated heterocycles. The van der Waals surface area contributed by atoms with Gasteiger partial charge in [0.2, 0.25) is 0 Å². The number of carboxylic acids is 1. The van der Waals surface area contributed by atoms with Crippen LogP contribution in [0.2, 0.25) is 5.02 Å². The van der Waals surface area contributed by atoms with E-state index in [1.165, 1.54) is 0 Å². The third-order valence-corrected chi connectivity index (χ3v) is 2.16. The molecule has 1 rings (SSSR count). The van der Waals surface area contributed by atoms with E-state index in [-0.39, 0.29) is 6.42 Å². The van der Waals surface area contributed by atoms with Crippen molar-refractivity contribution in [2.45, 2.75) is 6.42 Å². The fourth-order valence-corrected chi connectivity index (χ4v) is 1.53. The molecule has 0 aliphatic heterocycles. The number of aromatic nitrogens is 1. The lowest BCUT2D eigenvalue weighted by molar-refractivity contribution is -0.136. The number of carbonyl (C=O) groups is 1. The van der Waals surface area contributed by atoms with E-state index in [4.69, 9.17) is 16.7 Å². The number of aliphatic carboxylic acids is 1. The molecule has 0 spiro atoms. The van der Waals surface area contributed by atoms with Crippen molar-refractivity contribution in [1.29, 1.82) is 0 Å². The number of hydrogen-bond acceptors (Lipinski definition) is 3. The van der Waals surface area contributed by atoms with Crippen LogP contribution in [0.25, 0.3) is 0 Å². The molecule has 0 atom stereocenters. The molecular formula is C8H8BrClN2O2. The second-order valence-electron chi connectivity index (χ2n) is 2.55. The molecule has 0 amide bonds. The molecule has 0 radical (unpaired) electrons. The second-order valence-corrected chi connectivity index (χ2v) is 3.88. The summed E-state index contributed by atoms with van der Waals surface area (Å²) in [5.41, 5.74) is 0. The Kier molecular flexibility index (Phi) is 4.16. The Labute approximate surface area is 94.4 Å². The van der Waals surface area contributed by atoms with Crippen molar-refractivity contribution in [1.82, 2.24) is 4.98 Å². The van der Waals surface area contributed by atoms with Crippen LogP contribution in [-0.2, 0) is 4.79 Å². The molecule has 76 valence electrons. The van der Waals surface area contributed by atoms with E-state index in [0.29, 0.717) is 17.4 Å². The summed E-state index contributed by atoms with van der Waals surface area (Å²) in [5.74, 6) is -0.359. The van der Waals surface area contributed by atoms with E-state index < -0.39 is 5.97 Å². The molecule has 0 fully saturated rings. The van der Waals surface area contributed by atoms with Gasteiger partial charge in [-0.1, -0.05) is 11.6 Å². The zero-order chi connectivity index (χ0) is 10.6. The van der Waals surface area contributed by atoms with Crippen LogP contribution in [0.15, 0.2) is 16.7 Å². The lowest BCUT2D eigenvalue weighted by atomic mass is 10.4. The summed E-state index contributed by atoms with van der Waals surface area (Å²) >= 11 is 9.06. The highest BCUT2D eigenvalue weighted by Gasteiger charge is 2.02. The minimum Gasteiger partial charge on any atom is -0.481 e. The number of pyridine rings is 1. The molecule has 1 aromatic rings. The van der Waals surface area contributed by atoms with E-state index in [2.05, 4.69) is 26.2 Å². The summed E-state index contributed by atoms with van der Waals surface area (Å²) in [4.78, 5) is 14.2. The van der Waals surface area contributed by atoms with Gasteiger partial charge in [0, 0.05) is 17.2 Å². The van der Waals surface area contributed by atoms with Gasteiger partial charge in [-0.3, -0.25) is 4.79 Å². The Morgan fingerprint density at radius 2 is 2.43 bits per heavy atom. The van der Waals surface area contributed by atoms with Gasteiger partial charge in [0.15, 0.2) is 0 Å². The van der Waals surface area contributed by atoms with Crippen LogP contribution in [0.4, 0.5) is 5.82 Å². The maximum atomic E-state index is 10.2. The smallest absolute Gasteiger partial charge is 0.305 e. The summed E-state index contributed by atoms with van der Waals surface area (Å²) in [6.07, 6.45) is 1.63. The third kappa shape index (κ3) is 3.51. The molecule has 0 aromatic carbocycles. The van der Waals surface area contributed by atoms with Crippen LogP contribution in [0.3, 0.4) is 0 Å². The third-order valence-electron chi connectivity index (χ3n) is 1.44. The zero-order valence-electron chi connectivity index (χ0n) is 7.13. The van der Waals surface area contributed by atoms with Crippen molar-refractivity contribution in [3.05, 3.63) is 21.8 Å². The number of rotatable bonds is 4. The van der Waals surface area contributed by atoms with Crippen molar-refractivity contribution in [3.63, 3.8) is 0 Å². The Hall–Kier alpha value is -0.810. The van der Waals surface area contributed by atoms with Crippen molar-refractivity contribution in [2.24, 2.45) is 0 Å². The molecular weight excluding hydrogens is 271 g/mol. The first-order valence-corrected chi connectivity index (χ1v) is 5.03. The normalized spacial score (nSPS) is 9.86. The lowest BCUT2D eigenvalue weighted by Crippen LogP contribution is -2.08. The van der Waals surface area contributed by atoms with E-state index in [1.54, 1.807) is 12.3 Å². The average molecular weight is 280 g/mol. The maximum absolute atomic E-state index is 10.2. The van der Waals surface area contributed by atoms with Gasteiger partial charge in [0.1, 0.15) is 5.82 Å². The lowest BCUT2D eigenvalue weighted by Gasteiger charge is -2.05. The largest absolute Gasteiger partial charge is 0.481 e. The molecule has 0 unspecified atom stereocenters. The summed E-state index contributed by atoms with van der Waals surface area (Å²) in [6.45, 7) is 0.309. The minimum atomic E-state index is -0.856. The number of anilines is 1. The number of nitrogens with zero attached hydrogens (tertiary/aromatic N) is 1. The fourth-order valence-electron chi connectivity index (χ4n) is 0.832. The second kappa shape index (κ2) is 5.17. The van der Waals surface area contributed by atoms with Gasteiger partial charge in [0.05, 0.1) is 11.4 Å². The molecule has 0 bridgehead atoms. The Morgan fingerprint density at radius 3 is 3.00 bits per heavy atom. The number of halogens is 2. The predicted molar refractivity (Wildman–Crippen MR) is 57.7 cm³/mol. The van der Waals surface area contributed by atoms with Crippen LogP contribution in [0.1, 0.15) is 6.42 Å². The van der Waals surface area contributed by atoms with Gasteiger partial charge >= 0.3 is 5.97 Å². The van der Waals surface area contributed by atoms with E-state index in [0.717, 1.165) is 4.47 Å². The van der Waals surface area contributed by atoms with Crippen LogP contribution in [-0.4, -0.2) is 22.6 Å². The molecule has 4 nitrogen and oxygen atoms in total. The summed E-state index contributed by atoms with van der Waals surface area (Å²) in [6, 6.07) is 1.69. The van der Waals surface area contributed by atoms with E-state index >= 15 is 0 Å². The van der Waals surface area contributed by atoms with Gasteiger partial charge in [-0.2, -0.15) is 0 Å². The van der Waals surface area contributed by atoms with Crippen LogP contribution in [0.5, 0.6) is 0 Å².